The number of hydrogen-bond acceptors (Lipinski definition) is 5. The van der Waals surface area contributed by atoms with E-state index in [9.17, 15) is 0 Å². The van der Waals surface area contributed by atoms with Gasteiger partial charge in [0.15, 0.2) is 5.16 Å². The SMILES string of the molecule is CSc1ncc2cc3cnccc3c(N)c2n1. The summed E-state index contributed by atoms with van der Waals surface area (Å²) in [5, 5.41) is 3.68. The monoisotopic (exact) mass is 242 g/mol. The highest BCUT2D eigenvalue weighted by Gasteiger charge is 2.07. The second kappa shape index (κ2) is 3.85. The number of nitrogen functional groups attached to an aromatic ring is 1. The van der Waals surface area contributed by atoms with Crippen molar-refractivity contribution in [3.63, 3.8) is 0 Å². The van der Waals surface area contributed by atoms with Crippen LogP contribution in [-0.2, 0) is 0 Å². The zero-order valence-corrected chi connectivity index (χ0v) is 10.0. The molecule has 0 bridgehead atoms. The predicted octanol–water partition coefficient (Wildman–Crippen LogP) is 2.48. The lowest BCUT2D eigenvalue weighted by molar-refractivity contribution is 1.01. The van der Waals surface area contributed by atoms with E-state index in [1.165, 1.54) is 11.8 Å². The van der Waals surface area contributed by atoms with Gasteiger partial charge in [0.05, 0.1) is 11.2 Å². The first-order chi connectivity index (χ1) is 8.29. The van der Waals surface area contributed by atoms with E-state index in [2.05, 4.69) is 15.0 Å². The zero-order chi connectivity index (χ0) is 11.8. The van der Waals surface area contributed by atoms with Crippen LogP contribution in [0.3, 0.4) is 0 Å². The minimum absolute atomic E-state index is 0.692. The van der Waals surface area contributed by atoms with Gasteiger partial charge in [-0.15, -0.1) is 0 Å². The number of rotatable bonds is 1. The summed E-state index contributed by atoms with van der Waals surface area (Å²) in [4.78, 5) is 12.8. The Morgan fingerprint density at radius 3 is 2.94 bits per heavy atom. The highest BCUT2D eigenvalue weighted by atomic mass is 32.2. The standard InChI is InChI=1S/C12H10N4S/c1-17-12-15-6-8-4-7-5-14-3-2-9(7)10(13)11(8)16-12/h2-6H,13H2,1H3. The first-order valence-corrected chi connectivity index (χ1v) is 6.35. The Morgan fingerprint density at radius 1 is 1.24 bits per heavy atom. The number of hydrogen-bond donors (Lipinski definition) is 1. The normalized spacial score (nSPS) is 11.1. The average Bonchev–Trinajstić information content (AvgIpc) is 2.39. The van der Waals surface area contributed by atoms with Crippen LogP contribution in [0.15, 0.2) is 35.9 Å². The van der Waals surface area contributed by atoms with Crippen molar-refractivity contribution in [1.82, 2.24) is 15.0 Å². The molecule has 0 fully saturated rings. The van der Waals surface area contributed by atoms with Gasteiger partial charge in [0.2, 0.25) is 0 Å². The third-order valence-corrected chi connectivity index (χ3v) is 3.25. The van der Waals surface area contributed by atoms with E-state index in [0.29, 0.717) is 5.69 Å². The van der Waals surface area contributed by atoms with Gasteiger partial charge in [-0.2, -0.15) is 0 Å². The zero-order valence-electron chi connectivity index (χ0n) is 9.21. The van der Waals surface area contributed by atoms with E-state index < -0.39 is 0 Å². The fourth-order valence-corrected chi connectivity index (χ4v) is 2.20. The van der Waals surface area contributed by atoms with Crippen molar-refractivity contribution in [2.45, 2.75) is 5.16 Å². The molecule has 0 radical (unpaired) electrons. The maximum Gasteiger partial charge on any atom is 0.187 e. The van der Waals surface area contributed by atoms with Gasteiger partial charge in [-0.05, 0) is 18.4 Å². The van der Waals surface area contributed by atoms with Crippen molar-refractivity contribution < 1.29 is 0 Å². The molecule has 17 heavy (non-hydrogen) atoms. The molecule has 4 nitrogen and oxygen atoms in total. The van der Waals surface area contributed by atoms with Gasteiger partial charge in [-0.25, -0.2) is 9.97 Å². The first-order valence-electron chi connectivity index (χ1n) is 5.12. The van der Waals surface area contributed by atoms with Crippen molar-refractivity contribution in [2.24, 2.45) is 0 Å². The van der Waals surface area contributed by atoms with Crippen LogP contribution in [0.5, 0.6) is 0 Å². The van der Waals surface area contributed by atoms with Crippen LogP contribution in [0.4, 0.5) is 5.69 Å². The summed E-state index contributed by atoms with van der Waals surface area (Å²) in [6.07, 6.45) is 7.29. The molecule has 5 heteroatoms. The minimum Gasteiger partial charge on any atom is -0.396 e. The van der Waals surface area contributed by atoms with Gasteiger partial charge < -0.3 is 5.73 Å². The maximum atomic E-state index is 6.15. The maximum absolute atomic E-state index is 6.15. The van der Waals surface area contributed by atoms with E-state index in [0.717, 1.165) is 26.8 Å². The Hall–Kier alpha value is -1.88. The molecule has 0 spiro atoms. The Labute approximate surface area is 102 Å². The van der Waals surface area contributed by atoms with E-state index in [1.807, 2.05) is 18.4 Å². The summed E-state index contributed by atoms with van der Waals surface area (Å²) >= 11 is 1.51. The van der Waals surface area contributed by atoms with Crippen molar-refractivity contribution in [3.8, 4) is 0 Å². The molecule has 1 aromatic carbocycles. The molecule has 0 aliphatic heterocycles. The lowest BCUT2D eigenvalue weighted by Gasteiger charge is -2.06. The Kier molecular flexibility index (Phi) is 2.33. The fraction of sp³-hybridized carbons (Fsp3) is 0.0833. The molecule has 3 aromatic rings. The van der Waals surface area contributed by atoms with Gasteiger partial charge in [-0.1, -0.05) is 11.8 Å². The summed E-state index contributed by atoms with van der Waals surface area (Å²) < 4.78 is 0. The summed E-state index contributed by atoms with van der Waals surface area (Å²) in [6.45, 7) is 0. The van der Waals surface area contributed by atoms with E-state index in [4.69, 9.17) is 5.73 Å². The second-order valence-corrected chi connectivity index (χ2v) is 4.45. The number of benzene rings is 1. The molecule has 0 saturated heterocycles. The molecule has 0 aliphatic rings. The van der Waals surface area contributed by atoms with Crippen molar-refractivity contribution in [1.29, 1.82) is 0 Å². The van der Waals surface area contributed by atoms with Crippen LogP contribution in [-0.4, -0.2) is 21.2 Å². The Balaban J connectivity index is 2.46. The van der Waals surface area contributed by atoms with Gasteiger partial charge >= 0.3 is 0 Å². The molecular weight excluding hydrogens is 232 g/mol. The van der Waals surface area contributed by atoms with E-state index in [1.54, 1.807) is 18.6 Å². The molecule has 0 saturated carbocycles. The number of fused-ring (bicyclic) bond motifs is 2. The van der Waals surface area contributed by atoms with Crippen LogP contribution in [0.1, 0.15) is 0 Å². The number of aromatic nitrogens is 3. The quantitative estimate of drug-likeness (QED) is 0.307. The molecule has 84 valence electrons. The van der Waals surface area contributed by atoms with E-state index in [-0.39, 0.29) is 0 Å². The number of anilines is 1. The average molecular weight is 242 g/mol. The number of thioether (sulfide) groups is 1. The van der Waals surface area contributed by atoms with Gasteiger partial charge in [0.1, 0.15) is 0 Å². The van der Waals surface area contributed by atoms with Crippen LogP contribution < -0.4 is 5.73 Å². The molecule has 0 amide bonds. The molecular formula is C12H10N4S. The molecule has 2 aromatic heterocycles. The van der Waals surface area contributed by atoms with Gasteiger partial charge in [0.25, 0.3) is 0 Å². The predicted molar refractivity (Wildman–Crippen MR) is 71.0 cm³/mol. The minimum atomic E-state index is 0.692. The fourth-order valence-electron chi connectivity index (χ4n) is 1.86. The molecule has 0 atom stereocenters. The third kappa shape index (κ3) is 1.59. The Morgan fingerprint density at radius 2 is 2.12 bits per heavy atom. The van der Waals surface area contributed by atoms with Gasteiger partial charge in [-0.3, -0.25) is 4.98 Å². The lowest BCUT2D eigenvalue weighted by Crippen LogP contribution is -1.94. The lowest BCUT2D eigenvalue weighted by atomic mass is 10.1. The topological polar surface area (TPSA) is 64.7 Å². The molecule has 2 heterocycles. The summed E-state index contributed by atoms with van der Waals surface area (Å²) in [6, 6.07) is 3.92. The summed E-state index contributed by atoms with van der Waals surface area (Å²) in [5.74, 6) is 0. The third-order valence-electron chi connectivity index (χ3n) is 2.69. The molecule has 0 unspecified atom stereocenters. The van der Waals surface area contributed by atoms with Crippen LogP contribution in [0.25, 0.3) is 21.7 Å². The number of nitrogens with zero attached hydrogens (tertiary/aromatic N) is 3. The number of pyridine rings is 1. The van der Waals surface area contributed by atoms with Crippen LogP contribution in [0, 0.1) is 0 Å². The summed E-state index contributed by atoms with van der Waals surface area (Å²) in [5.41, 5.74) is 7.65. The second-order valence-electron chi connectivity index (χ2n) is 3.68. The van der Waals surface area contributed by atoms with Crippen molar-refractivity contribution in [3.05, 3.63) is 30.7 Å². The largest absolute Gasteiger partial charge is 0.396 e. The van der Waals surface area contributed by atoms with E-state index >= 15 is 0 Å². The highest BCUT2D eigenvalue weighted by molar-refractivity contribution is 7.98. The van der Waals surface area contributed by atoms with Crippen molar-refractivity contribution >= 4 is 39.1 Å². The van der Waals surface area contributed by atoms with Crippen molar-refractivity contribution in [2.75, 3.05) is 12.0 Å². The molecule has 0 aliphatic carbocycles. The smallest absolute Gasteiger partial charge is 0.187 e. The number of nitrogens with two attached hydrogens (primary N) is 1. The van der Waals surface area contributed by atoms with Crippen LogP contribution >= 0.6 is 11.8 Å². The summed E-state index contributed by atoms with van der Waals surface area (Å²) in [7, 11) is 0. The molecule has 2 N–H and O–H groups in total. The Bertz CT molecular complexity index is 711. The van der Waals surface area contributed by atoms with Crippen LogP contribution in [0.2, 0.25) is 0 Å². The molecule has 3 rings (SSSR count). The first kappa shape index (κ1) is 10.3. The highest BCUT2D eigenvalue weighted by Crippen LogP contribution is 2.29. The van der Waals surface area contributed by atoms with Gasteiger partial charge in [0, 0.05) is 34.7 Å².